The number of carbonyl (C=O) groups is 1. The Kier molecular flexibility index (Phi) is 4.39. The lowest BCUT2D eigenvalue weighted by Gasteiger charge is -2.10. The highest BCUT2D eigenvalue weighted by molar-refractivity contribution is 6.02. The smallest absolute Gasteiger partial charge is 0.118 e. The van der Waals surface area contributed by atoms with Crippen LogP contribution in [0.4, 0.5) is 0 Å². The number of carbonyl (C=O) groups excluding carboxylic acids is 1. The van der Waals surface area contributed by atoms with Crippen molar-refractivity contribution in [1.29, 1.82) is 0 Å². The summed E-state index contributed by atoms with van der Waals surface area (Å²) in [5, 5.41) is 11.9. The van der Waals surface area contributed by atoms with Crippen LogP contribution in [0.1, 0.15) is 10.4 Å². The van der Waals surface area contributed by atoms with Gasteiger partial charge in [0.15, 0.2) is 0 Å². The van der Waals surface area contributed by atoms with Gasteiger partial charge in [-0.1, -0.05) is 18.2 Å². The summed E-state index contributed by atoms with van der Waals surface area (Å²) in [7, 11) is 1.59. The van der Waals surface area contributed by atoms with E-state index in [1.54, 1.807) is 31.4 Å². The number of carboxylic acids is 1. The second kappa shape index (κ2) is 6.24. The van der Waals surface area contributed by atoms with E-state index in [-0.39, 0.29) is 11.7 Å². The van der Waals surface area contributed by atoms with Gasteiger partial charge >= 0.3 is 0 Å². The number of aromatic carboxylic acids is 1. The SMILES string of the molecule is COc1ccc(-c2cc(C(=O)[O-])c3ccccc3n2)cc1.[NH4+]. The number of methoxy groups -OCH3 is 1. The molecular weight excluding hydrogens is 280 g/mol. The highest BCUT2D eigenvalue weighted by atomic mass is 16.5. The predicted octanol–water partition coefficient (Wildman–Crippen LogP) is 2.65. The first-order valence-corrected chi connectivity index (χ1v) is 6.44. The fourth-order valence-electron chi connectivity index (χ4n) is 2.25. The molecule has 0 unspecified atom stereocenters. The number of benzene rings is 2. The monoisotopic (exact) mass is 296 g/mol. The van der Waals surface area contributed by atoms with Crippen molar-refractivity contribution in [3.63, 3.8) is 0 Å². The van der Waals surface area contributed by atoms with Gasteiger partial charge in [0.25, 0.3) is 0 Å². The van der Waals surface area contributed by atoms with Gasteiger partial charge in [0.1, 0.15) is 5.75 Å². The van der Waals surface area contributed by atoms with Gasteiger partial charge in [-0.2, -0.15) is 0 Å². The predicted molar refractivity (Wildman–Crippen MR) is 84.0 cm³/mol. The maximum Gasteiger partial charge on any atom is 0.118 e. The van der Waals surface area contributed by atoms with E-state index in [2.05, 4.69) is 4.98 Å². The standard InChI is InChI=1S/C17H13NO3.H3N/c1-21-12-8-6-11(7-9-12)16-10-14(17(19)20)13-4-2-3-5-15(13)18-16;/h2-10H,1H3,(H,19,20);1H3. The molecular formula is C17H16N2O3. The molecule has 3 rings (SSSR count). The van der Waals surface area contributed by atoms with Crippen molar-refractivity contribution in [3.8, 4) is 17.0 Å². The Labute approximate surface area is 127 Å². The lowest BCUT2D eigenvalue weighted by atomic mass is 10.0. The number of quaternary nitrogens is 1. The zero-order valence-corrected chi connectivity index (χ0v) is 12.4. The van der Waals surface area contributed by atoms with Crippen molar-refractivity contribution in [3.05, 3.63) is 60.2 Å². The Hall–Kier alpha value is -2.92. The molecule has 3 aromatic rings. The maximum absolute atomic E-state index is 11.3. The summed E-state index contributed by atoms with van der Waals surface area (Å²) in [5.74, 6) is -0.469. The van der Waals surface area contributed by atoms with Gasteiger partial charge in [-0.25, -0.2) is 4.98 Å². The molecule has 0 aliphatic carbocycles. The van der Waals surface area contributed by atoms with Crippen molar-refractivity contribution in [2.75, 3.05) is 7.11 Å². The molecule has 0 atom stereocenters. The van der Waals surface area contributed by atoms with Gasteiger partial charge in [0, 0.05) is 16.5 Å². The van der Waals surface area contributed by atoms with Crippen LogP contribution in [0, 0.1) is 0 Å². The minimum absolute atomic E-state index is 0. The molecule has 5 heteroatoms. The third-order valence-electron chi connectivity index (χ3n) is 3.32. The van der Waals surface area contributed by atoms with E-state index in [0.717, 1.165) is 11.3 Å². The first-order chi connectivity index (χ1) is 10.2. The quantitative estimate of drug-likeness (QED) is 0.803. The van der Waals surface area contributed by atoms with Gasteiger partial charge in [0.2, 0.25) is 0 Å². The van der Waals surface area contributed by atoms with Crippen molar-refractivity contribution in [1.82, 2.24) is 11.1 Å². The first-order valence-electron chi connectivity index (χ1n) is 6.44. The number of aromatic nitrogens is 1. The maximum atomic E-state index is 11.3. The molecule has 0 spiro atoms. The molecule has 0 radical (unpaired) electrons. The van der Waals surface area contributed by atoms with Gasteiger partial charge < -0.3 is 20.8 Å². The lowest BCUT2D eigenvalue weighted by Crippen LogP contribution is -2.22. The molecule has 0 amide bonds. The first kappa shape index (κ1) is 15.5. The van der Waals surface area contributed by atoms with E-state index in [0.29, 0.717) is 16.6 Å². The highest BCUT2D eigenvalue weighted by Crippen LogP contribution is 2.25. The van der Waals surface area contributed by atoms with Crippen LogP contribution in [0.15, 0.2) is 54.6 Å². The number of hydrogen-bond donors (Lipinski definition) is 1. The summed E-state index contributed by atoms with van der Waals surface area (Å²) in [6.45, 7) is 0. The number of rotatable bonds is 3. The number of fused-ring (bicyclic) bond motifs is 1. The number of ether oxygens (including phenoxy) is 1. The van der Waals surface area contributed by atoms with E-state index < -0.39 is 5.97 Å². The van der Waals surface area contributed by atoms with Crippen LogP contribution in [-0.4, -0.2) is 18.1 Å². The second-order valence-corrected chi connectivity index (χ2v) is 4.59. The van der Waals surface area contributed by atoms with Crippen LogP contribution >= 0.6 is 0 Å². The van der Waals surface area contributed by atoms with Crippen LogP contribution in [0.3, 0.4) is 0 Å². The summed E-state index contributed by atoms with van der Waals surface area (Å²) in [5.41, 5.74) is 2.19. The molecule has 0 aliphatic heterocycles. The second-order valence-electron chi connectivity index (χ2n) is 4.59. The van der Waals surface area contributed by atoms with Crippen LogP contribution in [0.5, 0.6) is 5.75 Å². The van der Waals surface area contributed by atoms with Gasteiger partial charge in [-0.05, 0) is 36.4 Å². The summed E-state index contributed by atoms with van der Waals surface area (Å²) in [6, 6.07) is 16.0. The molecule has 112 valence electrons. The largest absolute Gasteiger partial charge is 0.545 e. The molecule has 0 saturated carbocycles. The molecule has 0 bridgehead atoms. The van der Waals surface area contributed by atoms with Crippen LogP contribution in [0.25, 0.3) is 22.2 Å². The molecule has 5 nitrogen and oxygen atoms in total. The van der Waals surface area contributed by atoms with E-state index in [9.17, 15) is 9.90 Å². The third kappa shape index (κ3) is 2.75. The number of para-hydroxylation sites is 1. The fraction of sp³-hybridized carbons (Fsp3) is 0.0588. The topological polar surface area (TPSA) is 98.8 Å². The number of hydrogen-bond acceptors (Lipinski definition) is 4. The minimum atomic E-state index is -1.21. The molecule has 0 fully saturated rings. The van der Waals surface area contributed by atoms with E-state index in [1.165, 1.54) is 0 Å². The summed E-state index contributed by atoms with van der Waals surface area (Å²) >= 11 is 0. The summed E-state index contributed by atoms with van der Waals surface area (Å²) in [4.78, 5) is 15.9. The summed E-state index contributed by atoms with van der Waals surface area (Å²) < 4.78 is 5.11. The van der Waals surface area contributed by atoms with Crippen LogP contribution in [0.2, 0.25) is 0 Å². The highest BCUT2D eigenvalue weighted by Gasteiger charge is 2.08. The number of nitrogens with zero attached hydrogens (tertiary/aromatic N) is 1. The lowest BCUT2D eigenvalue weighted by molar-refractivity contribution is -0.254. The van der Waals surface area contributed by atoms with E-state index in [1.807, 2.05) is 30.3 Å². The van der Waals surface area contributed by atoms with Crippen molar-refractivity contribution in [2.45, 2.75) is 0 Å². The van der Waals surface area contributed by atoms with Crippen molar-refractivity contribution >= 4 is 16.9 Å². The van der Waals surface area contributed by atoms with Gasteiger partial charge in [-0.3, -0.25) is 0 Å². The molecule has 4 N–H and O–H groups in total. The third-order valence-corrected chi connectivity index (χ3v) is 3.32. The van der Waals surface area contributed by atoms with Gasteiger partial charge in [-0.15, -0.1) is 0 Å². The summed E-state index contributed by atoms with van der Waals surface area (Å²) in [6.07, 6.45) is 0. The average molecular weight is 296 g/mol. The van der Waals surface area contributed by atoms with E-state index in [4.69, 9.17) is 4.74 Å². The molecule has 22 heavy (non-hydrogen) atoms. The minimum Gasteiger partial charge on any atom is -0.545 e. The Balaban J connectivity index is 0.00000176. The zero-order valence-electron chi connectivity index (χ0n) is 12.4. The molecule has 1 aromatic heterocycles. The van der Waals surface area contributed by atoms with E-state index >= 15 is 0 Å². The zero-order chi connectivity index (χ0) is 14.8. The Bertz CT molecular complexity index is 814. The molecule has 0 saturated heterocycles. The molecule has 0 aliphatic rings. The van der Waals surface area contributed by atoms with Crippen molar-refractivity contribution < 1.29 is 14.6 Å². The average Bonchev–Trinajstić information content (AvgIpc) is 2.53. The Morgan fingerprint density at radius 3 is 2.41 bits per heavy atom. The Morgan fingerprint density at radius 2 is 1.77 bits per heavy atom. The van der Waals surface area contributed by atoms with Crippen LogP contribution in [-0.2, 0) is 0 Å². The number of carboxylic acid groups (broad SMARTS) is 1. The van der Waals surface area contributed by atoms with Gasteiger partial charge in [0.05, 0.1) is 24.3 Å². The van der Waals surface area contributed by atoms with Crippen LogP contribution < -0.4 is 16.0 Å². The number of pyridine rings is 1. The molecule has 1 heterocycles. The fourth-order valence-corrected chi connectivity index (χ4v) is 2.25. The Morgan fingerprint density at radius 1 is 1.09 bits per heavy atom. The molecule has 2 aromatic carbocycles. The normalized spacial score (nSPS) is 10.0. The van der Waals surface area contributed by atoms with Crippen molar-refractivity contribution in [2.24, 2.45) is 0 Å².